The number of benzene rings is 1. The highest BCUT2D eigenvalue weighted by Crippen LogP contribution is 2.34. The summed E-state index contributed by atoms with van der Waals surface area (Å²) in [5.74, 6) is 1.46. The summed E-state index contributed by atoms with van der Waals surface area (Å²) in [6.07, 6.45) is 5.81. The first-order chi connectivity index (χ1) is 9.28. The molecule has 1 aromatic rings. The van der Waals surface area contributed by atoms with Gasteiger partial charge in [0.1, 0.15) is 0 Å². The minimum Gasteiger partial charge on any atom is -0.493 e. The first-order valence-electron chi connectivity index (χ1n) is 7.02. The number of nitrogens with zero attached hydrogens (tertiary/aromatic N) is 1. The number of hydrogen-bond acceptors (Lipinski definition) is 3. The Morgan fingerprint density at radius 2 is 2.05 bits per heavy atom. The first kappa shape index (κ1) is 13.7. The van der Waals surface area contributed by atoms with Crippen LogP contribution in [0.2, 0.25) is 0 Å². The lowest BCUT2D eigenvalue weighted by molar-refractivity contribution is 0.200. The van der Waals surface area contributed by atoms with Crippen LogP contribution in [0.3, 0.4) is 0 Å². The summed E-state index contributed by atoms with van der Waals surface area (Å²) in [6.45, 7) is 2.02. The van der Waals surface area contributed by atoms with Gasteiger partial charge in [-0.1, -0.05) is 13.0 Å². The summed E-state index contributed by atoms with van der Waals surface area (Å²) in [7, 11) is 1.65. The monoisotopic (exact) mass is 259 g/mol. The molecular formula is C16H21NO2. The van der Waals surface area contributed by atoms with Crippen molar-refractivity contribution in [3.05, 3.63) is 23.8 Å². The molecule has 2 rings (SSSR count). The smallest absolute Gasteiger partial charge is 0.161 e. The molecule has 1 saturated carbocycles. The maximum Gasteiger partial charge on any atom is 0.161 e. The predicted octanol–water partition coefficient (Wildman–Crippen LogP) is 4.03. The van der Waals surface area contributed by atoms with Gasteiger partial charge in [-0.05, 0) is 49.8 Å². The van der Waals surface area contributed by atoms with Crippen LogP contribution in [-0.4, -0.2) is 13.2 Å². The molecule has 1 unspecified atom stereocenters. The topological polar surface area (TPSA) is 42.2 Å². The molecule has 0 aliphatic heterocycles. The van der Waals surface area contributed by atoms with Crippen molar-refractivity contribution in [2.24, 2.45) is 0 Å². The molecule has 0 N–H and O–H groups in total. The second-order valence-electron chi connectivity index (χ2n) is 5.02. The molecular weight excluding hydrogens is 238 g/mol. The Bertz CT molecular complexity index is 458. The van der Waals surface area contributed by atoms with E-state index in [1.54, 1.807) is 7.11 Å². The molecule has 1 fully saturated rings. The zero-order valence-electron chi connectivity index (χ0n) is 11.7. The Labute approximate surface area is 115 Å². The lowest BCUT2D eigenvalue weighted by atomic mass is 9.98. The molecule has 0 saturated heterocycles. The van der Waals surface area contributed by atoms with Gasteiger partial charge in [-0.15, -0.1) is 0 Å². The molecule has 3 nitrogen and oxygen atoms in total. The van der Waals surface area contributed by atoms with Gasteiger partial charge in [0, 0.05) is 0 Å². The standard InChI is InChI=1S/C16H21NO2/c1-3-12(11-17)13-8-9-15(18-2)16(10-13)19-14-6-4-5-7-14/h8-10,12,14H,3-7H2,1-2H3. The fraction of sp³-hybridized carbons (Fsp3) is 0.562. The molecule has 1 aromatic carbocycles. The van der Waals surface area contributed by atoms with Crippen molar-refractivity contribution in [3.63, 3.8) is 0 Å². The van der Waals surface area contributed by atoms with Crippen LogP contribution in [0.15, 0.2) is 18.2 Å². The highest BCUT2D eigenvalue weighted by atomic mass is 16.5. The van der Waals surface area contributed by atoms with Crippen LogP contribution in [0.5, 0.6) is 11.5 Å². The predicted molar refractivity (Wildman–Crippen MR) is 74.5 cm³/mol. The second kappa shape index (κ2) is 6.47. The summed E-state index contributed by atoms with van der Waals surface area (Å²) in [5, 5.41) is 9.16. The van der Waals surface area contributed by atoms with E-state index in [9.17, 15) is 0 Å². The summed E-state index contributed by atoms with van der Waals surface area (Å²) in [5.41, 5.74) is 1.01. The quantitative estimate of drug-likeness (QED) is 0.801. The Morgan fingerprint density at radius 3 is 2.63 bits per heavy atom. The van der Waals surface area contributed by atoms with E-state index in [1.807, 2.05) is 25.1 Å². The normalized spacial score (nSPS) is 16.9. The van der Waals surface area contributed by atoms with Crippen LogP contribution in [0, 0.1) is 11.3 Å². The van der Waals surface area contributed by atoms with Gasteiger partial charge in [-0.2, -0.15) is 5.26 Å². The van der Waals surface area contributed by atoms with Gasteiger partial charge in [-0.3, -0.25) is 0 Å². The molecule has 0 radical (unpaired) electrons. The van der Waals surface area contributed by atoms with Gasteiger partial charge < -0.3 is 9.47 Å². The molecule has 0 heterocycles. The third-order valence-electron chi connectivity index (χ3n) is 3.75. The van der Waals surface area contributed by atoms with E-state index in [-0.39, 0.29) is 5.92 Å². The zero-order valence-corrected chi connectivity index (χ0v) is 11.7. The van der Waals surface area contributed by atoms with Gasteiger partial charge >= 0.3 is 0 Å². The van der Waals surface area contributed by atoms with Crippen LogP contribution >= 0.6 is 0 Å². The largest absolute Gasteiger partial charge is 0.493 e. The van der Waals surface area contributed by atoms with Crippen LogP contribution in [0.1, 0.15) is 50.5 Å². The van der Waals surface area contributed by atoms with Crippen molar-refractivity contribution < 1.29 is 9.47 Å². The summed E-state index contributed by atoms with van der Waals surface area (Å²) in [6, 6.07) is 8.16. The minimum atomic E-state index is -0.0724. The molecule has 19 heavy (non-hydrogen) atoms. The molecule has 1 atom stereocenters. The molecule has 1 aliphatic rings. The van der Waals surface area contributed by atoms with Crippen LogP contribution in [0.25, 0.3) is 0 Å². The van der Waals surface area contributed by atoms with E-state index >= 15 is 0 Å². The van der Waals surface area contributed by atoms with E-state index in [1.165, 1.54) is 12.8 Å². The van der Waals surface area contributed by atoms with Crippen LogP contribution < -0.4 is 9.47 Å². The van der Waals surface area contributed by atoms with Gasteiger partial charge in [0.25, 0.3) is 0 Å². The lowest BCUT2D eigenvalue weighted by Crippen LogP contribution is -2.12. The van der Waals surface area contributed by atoms with E-state index in [0.29, 0.717) is 6.10 Å². The van der Waals surface area contributed by atoms with Crippen molar-refractivity contribution >= 4 is 0 Å². The van der Waals surface area contributed by atoms with Crippen LogP contribution in [0.4, 0.5) is 0 Å². The van der Waals surface area contributed by atoms with Crippen molar-refractivity contribution in [2.75, 3.05) is 7.11 Å². The average Bonchev–Trinajstić information content (AvgIpc) is 2.93. The van der Waals surface area contributed by atoms with Gasteiger partial charge in [0.05, 0.1) is 25.2 Å². The highest BCUT2D eigenvalue weighted by molar-refractivity contribution is 5.45. The Morgan fingerprint density at radius 1 is 1.32 bits per heavy atom. The highest BCUT2D eigenvalue weighted by Gasteiger charge is 2.19. The van der Waals surface area contributed by atoms with Crippen molar-refractivity contribution in [2.45, 2.75) is 51.0 Å². The van der Waals surface area contributed by atoms with Crippen molar-refractivity contribution in [3.8, 4) is 17.6 Å². The van der Waals surface area contributed by atoms with E-state index < -0.39 is 0 Å². The van der Waals surface area contributed by atoms with Gasteiger partial charge in [-0.25, -0.2) is 0 Å². The van der Waals surface area contributed by atoms with Gasteiger partial charge in [0.2, 0.25) is 0 Å². The molecule has 1 aliphatic carbocycles. The van der Waals surface area contributed by atoms with Gasteiger partial charge in [0.15, 0.2) is 11.5 Å². The summed E-state index contributed by atoms with van der Waals surface area (Å²) >= 11 is 0. The number of rotatable bonds is 5. The van der Waals surface area contributed by atoms with E-state index in [4.69, 9.17) is 14.7 Å². The maximum absolute atomic E-state index is 9.16. The van der Waals surface area contributed by atoms with Crippen molar-refractivity contribution in [1.29, 1.82) is 5.26 Å². The first-order valence-corrected chi connectivity index (χ1v) is 7.02. The molecule has 102 valence electrons. The fourth-order valence-electron chi connectivity index (χ4n) is 2.59. The third-order valence-corrected chi connectivity index (χ3v) is 3.75. The zero-order chi connectivity index (χ0) is 13.7. The molecule has 0 amide bonds. The lowest BCUT2D eigenvalue weighted by Gasteiger charge is -2.17. The second-order valence-corrected chi connectivity index (χ2v) is 5.02. The van der Waals surface area contributed by atoms with E-state index in [0.717, 1.165) is 36.3 Å². The van der Waals surface area contributed by atoms with E-state index in [2.05, 4.69) is 6.07 Å². The van der Waals surface area contributed by atoms with Crippen LogP contribution in [-0.2, 0) is 0 Å². The molecule has 0 aromatic heterocycles. The Hall–Kier alpha value is -1.69. The minimum absolute atomic E-state index is 0.0724. The number of hydrogen-bond donors (Lipinski definition) is 0. The number of ether oxygens (including phenoxy) is 2. The third kappa shape index (κ3) is 3.20. The molecule has 0 spiro atoms. The Kier molecular flexibility index (Phi) is 4.68. The summed E-state index contributed by atoms with van der Waals surface area (Å²) < 4.78 is 11.4. The Balaban J connectivity index is 2.23. The van der Waals surface area contributed by atoms with Crippen molar-refractivity contribution in [1.82, 2.24) is 0 Å². The fourth-order valence-corrected chi connectivity index (χ4v) is 2.59. The average molecular weight is 259 g/mol. The number of methoxy groups -OCH3 is 1. The molecule has 3 heteroatoms. The summed E-state index contributed by atoms with van der Waals surface area (Å²) in [4.78, 5) is 0. The maximum atomic E-state index is 9.16. The number of nitriles is 1. The molecule has 0 bridgehead atoms. The SMILES string of the molecule is CCC(C#N)c1ccc(OC)c(OC2CCCC2)c1.